The third-order valence-electron chi connectivity index (χ3n) is 2.88. The molecule has 0 saturated heterocycles. The maximum Gasteiger partial charge on any atom is 0.141 e. The van der Waals surface area contributed by atoms with Crippen LogP contribution in [0.2, 0.25) is 5.02 Å². The van der Waals surface area contributed by atoms with Crippen molar-refractivity contribution in [2.24, 2.45) is 0 Å². The zero-order chi connectivity index (χ0) is 11.8. The van der Waals surface area contributed by atoms with Gasteiger partial charge in [0, 0.05) is 18.1 Å². The van der Waals surface area contributed by atoms with Gasteiger partial charge in [-0.05, 0) is 18.9 Å². The zero-order valence-electron chi connectivity index (χ0n) is 9.42. The second-order valence-corrected chi connectivity index (χ2v) is 4.61. The largest absolute Gasteiger partial charge is 0.497 e. The first-order chi connectivity index (χ1) is 7.58. The second-order valence-electron chi connectivity index (χ2n) is 4.20. The van der Waals surface area contributed by atoms with E-state index in [-0.39, 0.29) is 0 Å². The number of halogens is 1. The lowest BCUT2D eigenvalue weighted by atomic mass is 10.0. The van der Waals surface area contributed by atoms with Crippen molar-refractivity contribution >= 4 is 11.6 Å². The molecule has 0 bridgehead atoms. The number of methoxy groups -OCH3 is 2. The fraction of sp³-hybridized carbons (Fsp3) is 0.500. The van der Waals surface area contributed by atoms with Gasteiger partial charge in [0.1, 0.15) is 11.5 Å². The normalized spacial score (nSPS) is 17.0. The van der Waals surface area contributed by atoms with E-state index < -0.39 is 5.60 Å². The minimum Gasteiger partial charge on any atom is -0.497 e. The molecule has 1 N–H and O–H groups in total. The van der Waals surface area contributed by atoms with Gasteiger partial charge in [0.05, 0.1) is 24.8 Å². The molecule has 0 aliphatic heterocycles. The summed E-state index contributed by atoms with van der Waals surface area (Å²) in [6.07, 6.45) is 2.24. The number of rotatable bonds is 4. The summed E-state index contributed by atoms with van der Waals surface area (Å²) in [5, 5.41) is 10.4. The number of benzene rings is 1. The van der Waals surface area contributed by atoms with Crippen molar-refractivity contribution in [3.05, 3.63) is 22.7 Å². The monoisotopic (exact) mass is 242 g/mol. The van der Waals surface area contributed by atoms with Crippen LogP contribution in [0.3, 0.4) is 0 Å². The molecule has 2 rings (SSSR count). The fourth-order valence-electron chi connectivity index (χ4n) is 1.78. The van der Waals surface area contributed by atoms with Gasteiger partial charge in [0.2, 0.25) is 0 Å². The molecule has 0 heterocycles. The zero-order valence-corrected chi connectivity index (χ0v) is 10.2. The van der Waals surface area contributed by atoms with E-state index in [1.165, 1.54) is 0 Å². The molecule has 1 aromatic carbocycles. The van der Waals surface area contributed by atoms with Gasteiger partial charge < -0.3 is 14.6 Å². The van der Waals surface area contributed by atoms with Gasteiger partial charge in [-0.25, -0.2) is 0 Å². The van der Waals surface area contributed by atoms with Crippen LogP contribution in [0.25, 0.3) is 0 Å². The average molecular weight is 243 g/mol. The highest BCUT2D eigenvalue weighted by atomic mass is 35.5. The predicted octanol–water partition coefficient (Wildman–Crippen LogP) is 2.42. The van der Waals surface area contributed by atoms with E-state index in [9.17, 15) is 5.11 Å². The van der Waals surface area contributed by atoms with E-state index in [2.05, 4.69) is 0 Å². The molecular weight excluding hydrogens is 228 g/mol. The van der Waals surface area contributed by atoms with Crippen LogP contribution in [0.4, 0.5) is 0 Å². The number of hydrogen-bond acceptors (Lipinski definition) is 3. The van der Waals surface area contributed by atoms with Crippen molar-refractivity contribution in [3.8, 4) is 11.5 Å². The standard InChI is InChI=1S/C12H15ClO3/c1-15-9-5-8(7-12(14)3-4-12)11(16-2)10(13)6-9/h5-6,14H,3-4,7H2,1-2H3. The van der Waals surface area contributed by atoms with Crippen LogP contribution in [0.5, 0.6) is 11.5 Å². The molecule has 0 atom stereocenters. The van der Waals surface area contributed by atoms with Gasteiger partial charge in [-0.3, -0.25) is 0 Å². The molecule has 0 radical (unpaired) electrons. The molecule has 1 aliphatic rings. The van der Waals surface area contributed by atoms with E-state index >= 15 is 0 Å². The Kier molecular flexibility index (Phi) is 3.00. The lowest BCUT2D eigenvalue weighted by molar-refractivity contribution is 0.150. The quantitative estimate of drug-likeness (QED) is 0.881. The molecule has 1 saturated carbocycles. The van der Waals surface area contributed by atoms with E-state index in [0.29, 0.717) is 22.9 Å². The molecular formula is C12H15ClO3. The maximum atomic E-state index is 9.92. The summed E-state index contributed by atoms with van der Waals surface area (Å²) in [7, 11) is 3.17. The Morgan fingerprint density at radius 1 is 1.31 bits per heavy atom. The van der Waals surface area contributed by atoms with Crippen LogP contribution in [0.15, 0.2) is 12.1 Å². The molecule has 3 nitrogen and oxygen atoms in total. The van der Waals surface area contributed by atoms with Gasteiger partial charge in [0.25, 0.3) is 0 Å². The topological polar surface area (TPSA) is 38.7 Å². The third-order valence-corrected chi connectivity index (χ3v) is 3.16. The van der Waals surface area contributed by atoms with Crippen molar-refractivity contribution in [1.82, 2.24) is 0 Å². The van der Waals surface area contributed by atoms with Gasteiger partial charge >= 0.3 is 0 Å². The SMILES string of the molecule is COc1cc(Cl)c(OC)c(CC2(O)CC2)c1. The fourth-order valence-corrected chi connectivity index (χ4v) is 2.08. The Morgan fingerprint density at radius 2 is 2.00 bits per heavy atom. The molecule has 0 spiro atoms. The van der Waals surface area contributed by atoms with Crippen molar-refractivity contribution in [2.45, 2.75) is 24.9 Å². The molecule has 1 fully saturated rings. The van der Waals surface area contributed by atoms with E-state index in [0.717, 1.165) is 18.4 Å². The summed E-state index contributed by atoms with van der Waals surface area (Å²) in [5.74, 6) is 1.31. The lowest BCUT2D eigenvalue weighted by Crippen LogP contribution is -2.11. The highest BCUT2D eigenvalue weighted by Gasteiger charge is 2.41. The summed E-state index contributed by atoms with van der Waals surface area (Å²) in [5.41, 5.74) is 0.329. The van der Waals surface area contributed by atoms with E-state index in [1.807, 2.05) is 6.07 Å². The molecule has 0 amide bonds. The number of aliphatic hydroxyl groups is 1. The Bertz CT molecular complexity index is 399. The first-order valence-electron chi connectivity index (χ1n) is 5.21. The maximum absolute atomic E-state index is 9.92. The van der Waals surface area contributed by atoms with Crippen LogP contribution < -0.4 is 9.47 Å². The van der Waals surface area contributed by atoms with Gasteiger partial charge in [0.15, 0.2) is 0 Å². The van der Waals surface area contributed by atoms with Crippen molar-refractivity contribution < 1.29 is 14.6 Å². The smallest absolute Gasteiger partial charge is 0.141 e. The van der Waals surface area contributed by atoms with Crippen LogP contribution >= 0.6 is 11.6 Å². The van der Waals surface area contributed by atoms with Crippen LogP contribution in [0.1, 0.15) is 18.4 Å². The summed E-state index contributed by atoms with van der Waals surface area (Å²) in [6.45, 7) is 0. The van der Waals surface area contributed by atoms with Crippen LogP contribution in [-0.4, -0.2) is 24.9 Å². The average Bonchev–Trinajstić information content (AvgIpc) is 2.95. The first-order valence-corrected chi connectivity index (χ1v) is 5.58. The third kappa shape index (κ3) is 2.25. The minimum absolute atomic E-state index is 0.515. The summed E-state index contributed by atoms with van der Waals surface area (Å²) in [4.78, 5) is 0. The van der Waals surface area contributed by atoms with Crippen LogP contribution in [-0.2, 0) is 6.42 Å². The highest BCUT2D eigenvalue weighted by molar-refractivity contribution is 6.32. The first kappa shape index (κ1) is 11.6. The Labute approximate surface area is 99.9 Å². The Balaban J connectivity index is 2.35. The van der Waals surface area contributed by atoms with Crippen LogP contribution in [0, 0.1) is 0 Å². The Morgan fingerprint density at radius 3 is 2.50 bits per heavy atom. The van der Waals surface area contributed by atoms with E-state index in [1.54, 1.807) is 20.3 Å². The summed E-state index contributed by atoms with van der Waals surface area (Å²) in [6, 6.07) is 3.57. The summed E-state index contributed by atoms with van der Waals surface area (Å²) >= 11 is 6.08. The molecule has 1 aromatic rings. The van der Waals surface area contributed by atoms with Gasteiger partial charge in [-0.15, -0.1) is 0 Å². The van der Waals surface area contributed by atoms with Gasteiger partial charge in [-0.1, -0.05) is 11.6 Å². The summed E-state index contributed by atoms with van der Waals surface area (Å²) < 4.78 is 10.4. The van der Waals surface area contributed by atoms with Gasteiger partial charge in [-0.2, -0.15) is 0 Å². The number of ether oxygens (including phenoxy) is 2. The minimum atomic E-state index is -0.566. The molecule has 0 aromatic heterocycles. The molecule has 16 heavy (non-hydrogen) atoms. The predicted molar refractivity (Wildman–Crippen MR) is 62.4 cm³/mol. The van der Waals surface area contributed by atoms with Crippen molar-refractivity contribution in [2.75, 3.05) is 14.2 Å². The molecule has 88 valence electrons. The van der Waals surface area contributed by atoms with Crippen molar-refractivity contribution in [3.63, 3.8) is 0 Å². The van der Waals surface area contributed by atoms with Crippen molar-refractivity contribution in [1.29, 1.82) is 0 Å². The molecule has 1 aliphatic carbocycles. The van der Waals surface area contributed by atoms with E-state index in [4.69, 9.17) is 21.1 Å². The molecule has 4 heteroatoms. The number of hydrogen-bond donors (Lipinski definition) is 1. The lowest BCUT2D eigenvalue weighted by Gasteiger charge is -2.14. The highest BCUT2D eigenvalue weighted by Crippen LogP contribution is 2.42. The Hall–Kier alpha value is -0.930. The second kappa shape index (κ2) is 4.15. The molecule has 0 unspecified atom stereocenters.